The van der Waals surface area contributed by atoms with Crippen LogP contribution < -0.4 is 0 Å². The normalized spacial score (nSPS) is 17.5. The maximum absolute atomic E-state index is 5.86. The molecule has 128 valence electrons. The summed E-state index contributed by atoms with van der Waals surface area (Å²) < 4.78 is 8.00. The molecule has 1 aliphatic heterocycles. The van der Waals surface area contributed by atoms with Gasteiger partial charge in [0.1, 0.15) is 0 Å². The summed E-state index contributed by atoms with van der Waals surface area (Å²) in [6.45, 7) is 0.881. The van der Waals surface area contributed by atoms with Crippen molar-refractivity contribution in [1.29, 1.82) is 0 Å². The third-order valence-electron chi connectivity index (χ3n) is 4.35. The van der Waals surface area contributed by atoms with E-state index in [0.717, 1.165) is 41.0 Å². The lowest BCUT2D eigenvalue weighted by atomic mass is 10.1. The van der Waals surface area contributed by atoms with Gasteiger partial charge in [-0.15, -0.1) is 10.2 Å². The van der Waals surface area contributed by atoms with Crippen molar-refractivity contribution in [2.45, 2.75) is 30.5 Å². The molecule has 1 aromatic heterocycles. The smallest absolute Gasteiger partial charge is 0.196 e. The molecule has 0 radical (unpaired) electrons. The van der Waals surface area contributed by atoms with Crippen molar-refractivity contribution in [3.8, 4) is 17.1 Å². The van der Waals surface area contributed by atoms with Crippen LogP contribution in [0.25, 0.3) is 17.1 Å². The number of rotatable bonds is 5. The summed E-state index contributed by atoms with van der Waals surface area (Å²) in [5, 5.41) is 9.87. The van der Waals surface area contributed by atoms with Gasteiger partial charge in [-0.25, -0.2) is 0 Å². The van der Waals surface area contributed by atoms with Crippen LogP contribution in [0.4, 0.5) is 0 Å². The Kier molecular flexibility index (Phi) is 5.14. The number of hydrogen-bond acceptors (Lipinski definition) is 4. The second-order valence-corrected chi connectivity index (χ2v) is 7.13. The molecule has 1 fully saturated rings. The molecule has 0 N–H and O–H groups in total. The van der Waals surface area contributed by atoms with E-state index in [1.165, 1.54) is 12.8 Å². The summed E-state index contributed by atoms with van der Waals surface area (Å²) in [5.41, 5.74) is 2.15. The highest BCUT2D eigenvalue weighted by atomic mass is 32.2. The first kappa shape index (κ1) is 16.4. The number of hydrogen-bond donors (Lipinski definition) is 0. The average Bonchev–Trinajstić information content (AvgIpc) is 3.12. The van der Waals surface area contributed by atoms with E-state index in [4.69, 9.17) is 4.74 Å². The van der Waals surface area contributed by atoms with Gasteiger partial charge in [-0.05, 0) is 31.4 Å². The second kappa shape index (κ2) is 7.85. The number of thioether (sulfide) groups is 1. The van der Waals surface area contributed by atoms with E-state index in [1.807, 2.05) is 36.4 Å². The van der Waals surface area contributed by atoms with Crippen LogP contribution in [0, 0.1) is 0 Å². The van der Waals surface area contributed by atoms with E-state index in [1.54, 1.807) is 11.8 Å². The highest BCUT2D eigenvalue weighted by molar-refractivity contribution is 7.99. The molecule has 0 unspecified atom stereocenters. The lowest BCUT2D eigenvalue weighted by Crippen LogP contribution is -2.21. The summed E-state index contributed by atoms with van der Waals surface area (Å²) >= 11 is 1.73. The molecule has 5 heteroatoms. The number of aromatic nitrogens is 3. The molecule has 4 rings (SSSR count). The van der Waals surface area contributed by atoms with Gasteiger partial charge in [-0.3, -0.25) is 4.57 Å². The van der Waals surface area contributed by atoms with Gasteiger partial charge in [-0.1, -0.05) is 60.3 Å². The maximum atomic E-state index is 5.86. The minimum Gasteiger partial charge on any atom is -0.377 e. The van der Waals surface area contributed by atoms with Gasteiger partial charge in [0, 0.05) is 23.6 Å². The van der Waals surface area contributed by atoms with Crippen LogP contribution in [0.15, 0.2) is 65.8 Å². The summed E-state index contributed by atoms with van der Waals surface area (Å²) in [6, 6.07) is 20.5. The van der Waals surface area contributed by atoms with E-state index in [0.29, 0.717) is 6.10 Å². The Hall–Kier alpha value is -2.11. The van der Waals surface area contributed by atoms with Gasteiger partial charge in [0.25, 0.3) is 0 Å². The van der Waals surface area contributed by atoms with Crippen LogP contribution in [0.5, 0.6) is 0 Å². The van der Waals surface area contributed by atoms with Gasteiger partial charge < -0.3 is 4.74 Å². The van der Waals surface area contributed by atoms with E-state index in [2.05, 4.69) is 39.0 Å². The molecule has 1 saturated heterocycles. The number of benzene rings is 2. The van der Waals surface area contributed by atoms with Gasteiger partial charge in [-0.2, -0.15) is 0 Å². The summed E-state index contributed by atoms with van der Waals surface area (Å²) in [7, 11) is 0. The van der Waals surface area contributed by atoms with Gasteiger partial charge in [0.2, 0.25) is 0 Å². The lowest BCUT2D eigenvalue weighted by Gasteiger charge is -2.22. The zero-order chi connectivity index (χ0) is 16.9. The van der Waals surface area contributed by atoms with Crippen LogP contribution in [-0.2, 0) is 4.74 Å². The molecule has 3 aromatic rings. The molecule has 4 nitrogen and oxygen atoms in total. The Morgan fingerprint density at radius 2 is 1.72 bits per heavy atom. The zero-order valence-electron chi connectivity index (χ0n) is 14.0. The highest BCUT2D eigenvalue weighted by Crippen LogP contribution is 2.29. The molecule has 2 heterocycles. The molecule has 0 bridgehead atoms. The van der Waals surface area contributed by atoms with Crippen molar-refractivity contribution in [3.05, 3.63) is 60.7 Å². The average molecular weight is 351 g/mol. The Labute approximate surface area is 152 Å². The molecule has 0 amide bonds. The fourth-order valence-electron chi connectivity index (χ4n) is 3.05. The summed E-state index contributed by atoms with van der Waals surface area (Å²) in [4.78, 5) is 0. The van der Waals surface area contributed by atoms with Gasteiger partial charge in [0.15, 0.2) is 11.0 Å². The van der Waals surface area contributed by atoms with Crippen LogP contribution in [-0.4, -0.2) is 33.2 Å². The first-order chi connectivity index (χ1) is 12.4. The minimum absolute atomic E-state index is 0.319. The Balaban J connectivity index is 1.65. The quantitative estimate of drug-likeness (QED) is 0.630. The molecule has 0 aliphatic carbocycles. The van der Waals surface area contributed by atoms with Crippen LogP contribution in [0.2, 0.25) is 0 Å². The van der Waals surface area contributed by atoms with Gasteiger partial charge in [0.05, 0.1) is 6.10 Å². The van der Waals surface area contributed by atoms with Crippen molar-refractivity contribution < 1.29 is 4.74 Å². The zero-order valence-corrected chi connectivity index (χ0v) is 14.9. The van der Waals surface area contributed by atoms with Crippen molar-refractivity contribution >= 4 is 11.8 Å². The fourth-order valence-corrected chi connectivity index (χ4v) is 4.07. The molecule has 2 aromatic carbocycles. The number of para-hydroxylation sites is 1. The number of ether oxygens (including phenoxy) is 1. The molecule has 1 aliphatic rings. The van der Waals surface area contributed by atoms with Crippen molar-refractivity contribution in [2.75, 3.05) is 12.4 Å². The minimum atomic E-state index is 0.319. The maximum Gasteiger partial charge on any atom is 0.196 e. The first-order valence-corrected chi connectivity index (χ1v) is 9.71. The Morgan fingerprint density at radius 3 is 2.44 bits per heavy atom. The fraction of sp³-hybridized carbons (Fsp3) is 0.300. The third-order valence-corrected chi connectivity index (χ3v) is 5.41. The molecular weight excluding hydrogens is 330 g/mol. The molecule has 1 atom stereocenters. The Morgan fingerprint density at radius 1 is 0.960 bits per heavy atom. The number of nitrogens with zero attached hydrogens (tertiary/aromatic N) is 3. The lowest BCUT2D eigenvalue weighted by molar-refractivity contribution is 0.0315. The van der Waals surface area contributed by atoms with Crippen molar-refractivity contribution in [3.63, 3.8) is 0 Å². The monoisotopic (exact) mass is 351 g/mol. The topological polar surface area (TPSA) is 39.9 Å². The summed E-state index contributed by atoms with van der Waals surface area (Å²) in [5.74, 6) is 1.79. The van der Waals surface area contributed by atoms with Crippen LogP contribution >= 0.6 is 11.8 Å². The molecule has 25 heavy (non-hydrogen) atoms. The van der Waals surface area contributed by atoms with Gasteiger partial charge >= 0.3 is 0 Å². The van der Waals surface area contributed by atoms with Crippen molar-refractivity contribution in [2.24, 2.45) is 0 Å². The third kappa shape index (κ3) is 3.78. The van der Waals surface area contributed by atoms with E-state index >= 15 is 0 Å². The molecule has 0 saturated carbocycles. The summed E-state index contributed by atoms with van der Waals surface area (Å²) in [6.07, 6.45) is 3.89. The predicted molar refractivity (Wildman–Crippen MR) is 101 cm³/mol. The first-order valence-electron chi connectivity index (χ1n) is 8.72. The standard InChI is InChI=1S/C20H21N3OS/c1-3-9-16(10-4-1)19-21-22-20(23(19)17-11-5-2-6-12-17)25-15-18-13-7-8-14-24-18/h1-6,9-12,18H,7-8,13-15H2/t18-/m0/s1. The SMILES string of the molecule is c1ccc(-c2nnc(SC[C@@H]3CCCCO3)n2-c2ccccc2)cc1. The van der Waals surface area contributed by atoms with E-state index < -0.39 is 0 Å². The van der Waals surface area contributed by atoms with E-state index in [9.17, 15) is 0 Å². The van der Waals surface area contributed by atoms with E-state index in [-0.39, 0.29) is 0 Å². The Bertz CT molecular complexity index is 798. The molecular formula is C20H21N3OS. The molecule has 0 spiro atoms. The van der Waals surface area contributed by atoms with Crippen LogP contribution in [0.3, 0.4) is 0 Å². The van der Waals surface area contributed by atoms with Crippen molar-refractivity contribution in [1.82, 2.24) is 14.8 Å². The largest absolute Gasteiger partial charge is 0.377 e. The predicted octanol–water partition coefficient (Wildman–Crippen LogP) is 4.60. The highest BCUT2D eigenvalue weighted by Gasteiger charge is 2.19. The van der Waals surface area contributed by atoms with Crippen LogP contribution in [0.1, 0.15) is 19.3 Å². The second-order valence-electron chi connectivity index (χ2n) is 6.14.